The highest BCUT2D eigenvalue weighted by atomic mass is 19.1. The predicted molar refractivity (Wildman–Crippen MR) is 79.5 cm³/mol. The number of para-hydroxylation sites is 2. The smallest absolute Gasteiger partial charge is 0.212 e. The van der Waals surface area contributed by atoms with Gasteiger partial charge in [0.15, 0.2) is 12.1 Å². The van der Waals surface area contributed by atoms with Crippen molar-refractivity contribution in [3.8, 4) is 0 Å². The van der Waals surface area contributed by atoms with Gasteiger partial charge in [-0.15, -0.1) is 0 Å². The molecule has 6 heteroatoms. The Morgan fingerprint density at radius 1 is 1.10 bits per heavy atom. The van der Waals surface area contributed by atoms with E-state index in [4.69, 9.17) is 5.73 Å². The molecule has 1 aromatic heterocycles. The van der Waals surface area contributed by atoms with Crippen molar-refractivity contribution in [2.45, 2.75) is 6.17 Å². The highest BCUT2D eigenvalue weighted by Gasteiger charge is 2.26. The maximum atomic E-state index is 14.1. The number of hydrogen-bond acceptors (Lipinski definition) is 4. The van der Waals surface area contributed by atoms with Gasteiger partial charge in [-0.25, -0.2) is 14.4 Å². The van der Waals surface area contributed by atoms with E-state index < -0.39 is 6.17 Å². The fourth-order valence-electron chi connectivity index (χ4n) is 2.61. The maximum Gasteiger partial charge on any atom is 0.212 e. The summed E-state index contributed by atoms with van der Waals surface area (Å²) in [6, 6.07) is 14.2. The molecule has 0 bridgehead atoms. The summed E-state index contributed by atoms with van der Waals surface area (Å²) in [5.74, 6) is 0.479. The SMILES string of the molecule is NC1=N[C@@H](c2ccccc2F)n2c(nc3ccccc32)N1. The lowest BCUT2D eigenvalue weighted by Crippen LogP contribution is -2.31. The Morgan fingerprint density at radius 2 is 1.86 bits per heavy atom. The quantitative estimate of drug-likeness (QED) is 0.720. The summed E-state index contributed by atoms with van der Waals surface area (Å²) < 4.78 is 16.0. The largest absolute Gasteiger partial charge is 0.370 e. The number of aliphatic imine (C=N–C) groups is 1. The zero-order valence-corrected chi connectivity index (χ0v) is 11.0. The average Bonchev–Trinajstić information content (AvgIpc) is 2.85. The predicted octanol–water partition coefficient (Wildman–Crippen LogP) is 2.46. The minimum Gasteiger partial charge on any atom is -0.370 e. The second-order valence-corrected chi connectivity index (χ2v) is 4.83. The number of fused-ring (bicyclic) bond motifs is 3. The fourth-order valence-corrected chi connectivity index (χ4v) is 2.61. The van der Waals surface area contributed by atoms with Crippen LogP contribution in [0.1, 0.15) is 11.7 Å². The van der Waals surface area contributed by atoms with Gasteiger partial charge in [-0.2, -0.15) is 0 Å². The van der Waals surface area contributed by atoms with E-state index in [1.807, 2.05) is 28.8 Å². The number of nitrogens with zero attached hydrogens (tertiary/aromatic N) is 3. The molecule has 1 aliphatic heterocycles. The Labute approximate surface area is 119 Å². The Morgan fingerprint density at radius 3 is 2.71 bits per heavy atom. The van der Waals surface area contributed by atoms with Crippen LogP contribution in [0.15, 0.2) is 53.5 Å². The van der Waals surface area contributed by atoms with Gasteiger partial charge in [0.25, 0.3) is 0 Å². The first-order valence-corrected chi connectivity index (χ1v) is 6.56. The molecule has 5 nitrogen and oxygen atoms in total. The van der Waals surface area contributed by atoms with E-state index in [0.717, 1.165) is 11.0 Å². The Balaban J connectivity index is 2.00. The van der Waals surface area contributed by atoms with Crippen molar-refractivity contribution in [1.82, 2.24) is 9.55 Å². The van der Waals surface area contributed by atoms with Crippen molar-refractivity contribution in [3.05, 3.63) is 59.9 Å². The van der Waals surface area contributed by atoms with E-state index in [9.17, 15) is 4.39 Å². The van der Waals surface area contributed by atoms with Crippen molar-refractivity contribution in [2.24, 2.45) is 10.7 Å². The van der Waals surface area contributed by atoms with Gasteiger partial charge >= 0.3 is 0 Å². The van der Waals surface area contributed by atoms with E-state index in [2.05, 4.69) is 15.3 Å². The molecule has 3 aromatic rings. The zero-order chi connectivity index (χ0) is 14.4. The van der Waals surface area contributed by atoms with Crippen LogP contribution in [0.25, 0.3) is 11.0 Å². The van der Waals surface area contributed by atoms with Crippen molar-refractivity contribution in [2.75, 3.05) is 5.32 Å². The van der Waals surface area contributed by atoms with Crippen molar-refractivity contribution >= 4 is 22.9 Å². The van der Waals surface area contributed by atoms with Crippen LogP contribution in [-0.4, -0.2) is 15.5 Å². The molecule has 21 heavy (non-hydrogen) atoms. The molecule has 0 unspecified atom stereocenters. The molecular weight excluding hydrogens is 269 g/mol. The van der Waals surface area contributed by atoms with Gasteiger partial charge in [0, 0.05) is 5.56 Å². The Bertz CT molecular complexity index is 867. The summed E-state index contributed by atoms with van der Waals surface area (Å²) in [5, 5.41) is 2.93. The van der Waals surface area contributed by atoms with Gasteiger partial charge in [0.1, 0.15) is 5.82 Å². The summed E-state index contributed by atoms with van der Waals surface area (Å²) in [7, 11) is 0. The van der Waals surface area contributed by atoms with Gasteiger partial charge in [-0.3, -0.25) is 9.88 Å². The van der Waals surface area contributed by atoms with E-state index in [1.165, 1.54) is 6.07 Å². The standard InChI is InChI=1S/C15H12FN5/c16-10-6-2-1-5-9(10)13-19-14(17)20-15-18-11-7-3-4-8-12(11)21(13)15/h1-8,13H,(H3,17,18,19,20)/t13-/m1/s1. The molecule has 3 N–H and O–H groups in total. The summed E-state index contributed by atoms with van der Waals surface area (Å²) >= 11 is 0. The molecule has 4 rings (SSSR count). The number of benzene rings is 2. The lowest BCUT2D eigenvalue weighted by Gasteiger charge is -2.24. The van der Waals surface area contributed by atoms with E-state index in [-0.39, 0.29) is 11.8 Å². The first-order valence-electron chi connectivity index (χ1n) is 6.56. The summed E-state index contributed by atoms with van der Waals surface area (Å²) in [5.41, 5.74) is 7.97. The van der Waals surface area contributed by atoms with E-state index in [0.29, 0.717) is 11.5 Å². The molecule has 1 atom stereocenters. The van der Waals surface area contributed by atoms with Crippen LogP contribution in [0.5, 0.6) is 0 Å². The first kappa shape index (κ1) is 11.9. The number of hydrogen-bond donors (Lipinski definition) is 2. The third-order valence-corrected chi connectivity index (χ3v) is 3.53. The Hall–Kier alpha value is -2.89. The minimum atomic E-state index is -0.560. The third kappa shape index (κ3) is 1.76. The molecule has 2 heterocycles. The molecule has 0 saturated heterocycles. The van der Waals surface area contributed by atoms with Crippen molar-refractivity contribution in [1.29, 1.82) is 0 Å². The normalized spacial score (nSPS) is 17.2. The van der Waals surface area contributed by atoms with Crippen LogP contribution in [0.4, 0.5) is 10.3 Å². The van der Waals surface area contributed by atoms with Gasteiger partial charge in [0.05, 0.1) is 11.0 Å². The highest BCUT2D eigenvalue weighted by molar-refractivity contribution is 5.94. The molecule has 0 saturated carbocycles. The number of halogens is 1. The number of rotatable bonds is 1. The molecule has 104 valence electrons. The number of nitrogens with two attached hydrogens (primary N) is 1. The van der Waals surface area contributed by atoms with Crippen LogP contribution in [-0.2, 0) is 0 Å². The van der Waals surface area contributed by atoms with Crippen LogP contribution in [0.2, 0.25) is 0 Å². The number of guanidine groups is 1. The van der Waals surface area contributed by atoms with Crippen LogP contribution in [0, 0.1) is 5.82 Å². The first-order chi connectivity index (χ1) is 10.2. The molecule has 0 radical (unpaired) electrons. The third-order valence-electron chi connectivity index (χ3n) is 3.53. The number of nitrogens with one attached hydrogen (secondary N) is 1. The number of anilines is 1. The molecule has 0 aliphatic carbocycles. The Kier molecular flexibility index (Phi) is 2.44. The lowest BCUT2D eigenvalue weighted by molar-refractivity contribution is 0.551. The van der Waals surface area contributed by atoms with Crippen LogP contribution >= 0.6 is 0 Å². The van der Waals surface area contributed by atoms with Crippen molar-refractivity contribution in [3.63, 3.8) is 0 Å². The maximum absolute atomic E-state index is 14.1. The molecule has 2 aromatic carbocycles. The number of imidazole rings is 1. The number of aromatic nitrogens is 2. The highest BCUT2D eigenvalue weighted by Crippen LogP contribution is 2.33. The fraction of sp³-hybridized carbons (Fsp3) is 0.0667. The van der Waals surface area contributed by atoms with Gasteiger partial charge in [-0.1, -0.05) is 30.3 Å². The van der Waals surface area contributed by atoms with Gasteiger partial charge in [-0.05, 0) is 18.2 Å². The van der Waals surface area contributed by atoms with Crippen LogP contribution < -0.4 is 11.1 Å². The van der Waals surface area contributed by atoms with E-state index in [1.54, 1.807) is 18.2 Å². The molecular formula is C15H12FN5. The van der Waals surface area contributed by atoms with Crippen molar-refractivity contribution < 1.29 is 4.39 Å². The van der Waals surface area contributed by atoms with Gasteiger partial charge < -0.3 is 5.73 Å². The summed E-state index contributed by atoms with van der Waals surface area (Å²) in [6.07, 6.45) is -0.560. The average molecular weight is 281 g/mol. The van der Waals surface area contributed by atoms with E-state index >= 15 is 0 Å². The summed E-state index contributed by atoms with van der Waals surface area (Å²) in [6.45, 7) is 0. The molecule has 0 spiro atoms. The lowest BCUT2D eigenvalue weighted by atomic mass is 10.1. The zero-order valence-electron chi connectivity index (χ0n) is 11.0. The molecule has 0 fully saturated rings. The van der Waals surface area contributed by atoms with Crippen LogP contribution in [0.3, 0.4) is 0 Å². The monoisotopic (exact) mass is 281 g/mol. The topological polar surface area (TPSA) is 68.2 Å². The summed E-state index contributed by atoms with van der Waals surface area (Å²) in [4.78, 5) is 8.82. The second-order valence-electron chi connectivity index (χ2n) is 4.83. The molecule has 1 aliphatic rings. The minimum absolute atomic E-state index is 0.228. The molecule has 0 amide bonds. The van der Waals surface area contributed by atoms with Gasteiger partial charge in [0.2, 0.25) is 5.95 Å². The second kappa shape index (κ2) is 4.31.